The van der Waals surface area contributed by atoms with Crippen LogP contribution in [0.15, 0.2) is 12.1 Å². The van der Waals surface area contributed by atoms with Gasteiger partial charge in [0, 0.05) is 26.1 Å². The molecule has 2 rings (SSSR count). The average molecular weight is 341 g/mol. The van der Waals surface area contributed by atoms with E-state index in [4.69, 9.17) is 0 Å². The predicted molar refractivity (Wildman–Crippen MR) is 87.4 cm³/mol. The second-order valence-corrected chi connectivity index (χ2v) is 8.43. The van der Waals surface area contributed by atoms with Crippen LogP contribution in [-0.2, 0) is 9.84 Å². The van der Waals surface area contributed by atoms with Crippen molar-refractivity contribution in [1.82, 2.24) is 14.8 Å². The number of nitrogens with zero attached hydrogens (tertiary/aromatic N) is 2. The van der Waals surface area contributed by atoms with Crippen LogP contribution in [0, 0.1) is 0 Å². The minimum atomic E-state index is -3.07. The molecule has 0 radical (unpaired) electrons. The third kappa shape index (κ3) is 4.42. The van der Waals surface area contributed by atoms with E-state index in [1.807, 2.05) is 19.0 Å². The van der Waals surface area contributed by atoms with E-state index in [0.29, 0.717) is 30.9 Å². The Morgan fingerprint density at radius 3 is 2.35 bits per heavy atom. The Hall–Kier alpha value is -1.67. The average Bonchev–Trinajstić information content (AvgIpc) is 3.05. The smallest absolute Gasteiger partial charge is 0.270 e. The quantitative estimate of drug-likeness (QED) is 0.757. The third-order valence-corrected chi connectivity index (χ3v) is 5.74. The van der Waals surface area contributed by atoms with Gasteiger partial charge in [-0.25, -0.2) is 8.42 Å². The molecule has 8 heteroatoms. The topological polar surface area (TPSA) is 90.6 Å². The van der Waals surface area contributed by atoms with Gasteiger partial charge in [0.15, 0.2) is 15.6 Å². The van der Waals surface area contributed by atoms with Gasteiger partial charge in [0.2, 0.25) is 0 Å². The van der Waals surface area contributed by atoms with Crippen molar-refractivity contribution >= 4 is 21.5 Å². The minimum absolute atomic E-state index is 0.00639. The molecule has 0 spiro atoms. The molecule has 0 saturated carbocycles. The van der Waals surface area contributed by atoms with Gasteiger partial charge in [-0.2, -0.15) is 0 Å². The number of carbonyl (C=O) groups is 2. The molecule has 1 saturated heterocycles. The molecule has 0 aromatic carbocycles. The molecule has 1 amide bonds. The number of likely N-dealkylation sites (N-methyl/N-ethyl adjacent to an activating group) is 1. The molecular formula is C15H23N3O4S. The van der Waals surface area contributed by atoms with E-state index in [9.17, 15) is 18.0 Å². The molecule has 2 heterocycles. The highest BCUT2D eigenvalue weighted by molar-refractivity contribution is 7.91. The first-order valence-electron chi connectivity index (χ1n) is 7.55. The number of amides is 1. The summed E-state index contributed by atoms with van der Waals surface area (Å²) in [5.74, 6) is -0.284. The molecule has 0 aliphatic carbocycles. The zero-order valence-corrected chi connectivity index (χ0v) is 14.5. The molecule has 128 valence electrons. The number of H-pyrrole nitrogens is 1. The van der Waals surface area contributed by atoms with Crippen LogP contribution in [0.5, 0.6) is 0 Å². The summed E-state index contributed by atoms with van der Waals surface area (Å²) in [6.45, 7) is 2.51. The summed E-state index contributed by atoms with van der Waals surface area (Å²) < 4.78 is 23.5. The molecule has 1 fully saturated rings. The van der Waals surface area contributed by atoms with Gasteiger partial charge in [0.25, 0.3) is 5.91 Å². The number of ketones is 1. The molecule has 0 bridgehead atoms. The van der Waals surface area contributed by atoms with Crippen LogP contribution in [-0.4, -0.2) is 79.6 Å². The lowest BCUT2D eigenvalue weighted by atomic mass is 10.2. The van der Waals surface area contributed by atoms with E-state index in [0.717, 1.165) is 0 Å². The molecule has 1 aromatic heterocycles. The molecule has 1 N–H and O–H groups in total. The van der Waals surface area contributed by atoms with Gasteiger partial charge >= 0.3 is 0 Å². The Morgan fingerprint density at radius 1 is 1.22 bits per heavy atom. The first-order valence-corrected chi connectivity index (χ1v) is 9.38. The SMILES string of the molecule is CC(=O)c1ccc(C(=O)N(CCN(C)C)C2CCS(=O)(=O)C2)[nH]1. The maximum absolute atomic E-state index is 12.8. The molecule has 7 nitrogen and oxygen atoms in total. The number of hydrogen-bond acceptors (Lipinski definition) is 5. The molecule has 1 unspecified atom stereocenters. The maximum Gasteiger partial charge on any atom is 0.270 e. The first kappa shape index (κ1) is 17.7. The van der Waals surface area contributed by atoms with Crippen LogP contribution in [0.25, 0.3) is 0 Å². The molecule has 1 aliphatic heterocycles. The highest BCUT2D eigenvalue weighted by atomic mass is 32.2. The fourth-order valence-corrected chi connectivity index (χ4v) is 4.39. The van der Waals surface area contributed by atoms with E-state index in [1.165, 1.54) is 6.92 Å². The minimum Gasteiger partial charge on any atom is -0.348 e. The number of aromatic nitrogens is 1. The number of nitrogens with one attached hydrogen (secondary N) is 1. The summed E-state index contributed by atoms with van der Waals surface area (Å²) in [6, 6.07) is 2.84. The zero-order valence-electron chi connectivity index (χ0n) is 13.7. The number of sulfone groups is 1. The summed E-state index contributed by atoms with van der Waals surface area (Å²) in [4.78, 5) is 30.5. The van der Waals surface area contributed by atoms with E-state index < -0.39 is 9.84 Å². The Kier molecular flexibility index (Phi) is 5.26. The Balaban J connectivity index is 2.21. The van der Waals surface area contributed by atoms with E-state index in [1.54, 1.807) is 17.0 Å². The largest absolute Gasteiger partial charge is 0.348 e. The van der Waals surface area contributed by atoms with Gasteiger partial charge < -0.3 is 14.8 Å². The van der Waals surface area contributed by atoms with Gasteiger partial charge in [0.1, 0.15) is 5.69 Å². The van der Waals surface area contributed by atoms with E-state index in [2.05, 4.69) is 4.98 Å². The van der Waals surface area contributed by atoms with Crippen LogP contribution >= 0.6 is 0 Å². The van der Waals surface area contributed by atoms with Crippen LogP contribution in [0.4, 0.5) is 0 Å². The Morgan fingerprint density at radius 2 is 1.87 bits per heavy atom. The summed E-state index contributed by atoms with van der Waals surface area (Å²) in [5, 5.41) is 0. The molecule has 1 aliphatic rings. The summed E-state index contributed by atoms with van der Waals surface area (Å²) in [6.07, 6.45) is 0.460. The number of rotatable bonds is 6. The van der Waals surface area contributed by atoms with Crippen molar-refractivity contribution in [1.29, 1.82) is 0 Å². The molecule has 23 heavy (non-hydrogen) atoms. The van der Waals surface area contributed by atoms with E-state index in [-0.39, 0.29) is 29.2 Å². The van der Waals surface area contributed by atoms with Crippen molar-refractivity contribution in [3.05, 3.63) is 23.5 Å². The van der Waals surface area contributed by atoms with Crippen molar-refractivity contribution in [3.8, 4) is 0 Å². The standard InChI is InChI=1S/C15H23N3O4S/c1-11(19)13-4-5-14(16-13)15(20)18(8-7-17(2)3)12-6-9-23(21,22)10-12/h4-5,12,16H,6-10H2,1-3H3. The number of carbonyl (C=O) groups excluding carboxylic acids is 2. The second kappa shape index (κ2) is 6.84. The van der Waals surface area contributed by atoms with Crippen molar-refractivity contribution in [2.75, 3.05) is 38.7 Å². The summed E-state index contributed by atoms with van der Waals surface area (Å²) in [7, 11) is 0.724. The number of Topliss-reactive ketones (excluding diaryl/α,β-unsaturated/α-hetero) is 1. The molecular weight excluding hydrogens is 318 g/mol. The Bertz CT molecular complexity index is 693. The molecule has 1 atom stereocenters. The van der Waals surface area contributed by atoms with Gasteiger partial charge in [-0.15, -0.1) is 0 Å². The highest BCUT2D eigenvalue weighted by Crippen LogP contribution is 2.20. The predicted octanol–water partition coefficient (Wildman–Crippen LogP) is 0.408. The van der Waals surface area contributed by atoms with Crippen molar-refractivity contribution in [2.24, 2.45) is 0 Å². The molecule has 1 aromatic rings. The first-order chi connectivity index (χ1) is 10.7. The van der Waals surface area contributed by atoms with E-state index >= 15 is 0 Å². The normalized spacial score (nSPS) is 19.9. The van der Waals surface area contributed by atoms with Gasteiger partial charge in [0.05, 0.1) is 17.2 Å². The fraction of sp³-hybridized carbons (Fsp3) is 0.600. The Labute approximate surface area is 136 Å². The number of hydrogen-bond donors (Lipinski definition) is 1. The van der Waals surface area contributed by atoms with Crippen molar-refractivity contribution in [3.63, 3.8) is 0 Å². The summed E-state index contributed by atoms with van der Waals surface area (Å²) in [5.41, 5.74) is 0.693. The monoisotopic (exact) mass is 341 g/mol. The van der Waals surface area contributed by atoms with Crippen LogP contribution < -0.4 is 0 Å². The highest BCUT2D eigenvalue weighted by Gasteiger charge is 2.35. The summed E-state index contributed by atoms with van der Waals surface area (Å²) >= 11 is 0. The lowest BCUT2D eigenvalue weighted by molar-refractivity contribution is 0.0678. The zero-order chi connectivity index (χ0) is 17.2. The third-order valence-electron chi connectivity index (χ3n) is 3.99. The fourth-order valence-electron chi connectivity index (χ4n) is 2.66. The van der Waals surface area contributed by atoms with Crippen molar-refractivity contribution in [2.45, 2.75) is 19.4 Å². The van der Waals surface area contributed by atoms with Crippen LogP contribution in [0.2, 0.25) is 0 Å². The van der Waals surface area contributed by atoms with Crippen LogP contribution in [0.1, 0.15) is 34.3 Å². The van der Waals surface area contributed by atoms with Crippen LogP contribution in [0.3, 0.4) is 0 Å². The van der Waals surface area contributed by atoms with Crippen molar-refractivity contribution < 1.29 is 18.0 Å². The maximum atomic E-state index is 12.8. The lowest BCUT2D eigenvalue weighted by Gasteiger charge is -2.29. The van der Waals surface area contributed by atoms with Gasteiger partial charge in [-0.3, -0.25) is 9.59 Å². The lowest BCUT2D eigenvalue weighted by Crippen LogP contribution is -2.44. The van der Waals surface area contributed by atoms with Gasteiger partial charge in [-0.1, -0.05) is 0 Å². The van der Waals surface area contributed by atoms with Gasteiger partial charge in [-0.05, 0) is 32.6 Å². The second-order valence-electron chi connectivity index (χ2n) is 6.20. The number of aromatic amines is 1.